The summed E-state index contributed by atoms with van der Waals surface area (Å²) in [5.41, 5.74) is 3.13. The normalized spacial score (nSPS) is 15.5. The maximum atomic E-state index is 6.43. The zero-order chi connectivity index (χ0) is 12.7. The molecule has 1 fully saturated rings. The molecule has 2 aromatic rings. The monoisotopic (exact) mass is 263 g/mol. The highest BCUT2D eigenvalue weighted by Crippen LogP contribution is 2.34. The summed E-state index contributed by atoms with van der Waals surface area (Å²) in [5, 5.41) is 6.45. The maximum Gasteiger partial charge on any atom is 0.159 e. The zero-order valence-electron chi connectivity index (χ0n) is 10.9. The van der Waals surface area contributed by atoms with Gasteiger partial charge in [0.15, 0.2) is 5.65 Å². The SMILES string of the molecule is CCc1nn(CC)c2nc(CC3CC3)cc(Cl)c12. The molecule has 0 N–H and O–H groups in total. The molecule has 3 nitrogen and oxygen atoms in total. The molecule has 1 saturated carbocycles. The first kappa shape index (κ1) is 12.0. The standard InChI is InChI=1S/C14H18ClN3/c1-3-12-13-11(15)8-10(7-9-5-6-9)16-14(13)18(4-2)17-12/h8-9H,3-7H2,1-2H3. The molecule has 2 aromatic heterocycles. The van der Waals surface area contributed by atoms with Gasteiger partial charge in [-0.1, -0.05) is 18.5 Å². The van der Waals surface area contributed by atoms with Gasteiger partial charge in [0.1, 0.15) is 0 Å². The first-order valence-corrected chi connectivity index (χ1v) is 7.15. The van der Waals surface area contributed by atoms with Crippen LogP contribution in [0.3, 0.4) is 0 Å². The van der Waals surface area contributed by atoms with Crippen molar-refractivity contribution in [3.63, 3.8) is 0 Å². The maximum absolute atomic E-state index is 6.43. The van der Waals surface area contributed by atoms with Crippen molar-refractivity contribution in [3.05, 3.63) is 22.5 Å². The van der Waals surface area contributed by atoms with Crippen molar-refractivity contribution in [2.45, 2.75) is 46.1 Å². The lowest BCUT2D eigenvalue weighted by Gasteiger charge is -2.03. The van der Waals surface area contributed by atoms with Crippen molar-refractivity contribution >= 4 is 22.6 Å². The van der Waals surface area contributed by atoms with Gasteiger partial charge < -0.3 is 0 Å². The molecule has 0 aliphatic heterocycles. The van der Waals surface area contributed by atoms with E-state index in [0.29, 0.717) is 0 Å². The van der Waals surface area contributed by atoms with Crippen molar-refractivity contribution in [2.75, 3.05) is 0 Å². The lowest BCUT2D eigenvalue weighted by atomic mass is 10.1. The predicted octanol–water partition coefficient (Wildman–Crippen LogP) is 3.62. The molecule has 0 amide bonds. The van der Waals surface area contributed by atoms with Crippen molar-refractivity contribution in [1.82, 2.24) is 14.8 Å². The molecule has 0 bridgehead atoms. The fourth-order valence-electron chi connectivity index (χ4n) is 2.44. The Balaban J connectivity index is 2.14. The fourth-order valence-corrected chi connectivity index (χ4v) is 2.76. The minimum Gasteiger partial charge on any atom is -0.247 e. The van der Waals surface area contributed by atoms with E-state index in [-0.39, 0.29) is 0 Å². The molecular weight excluding hydrogens is 246 g/mol. The van der Waals surface area contributed by atoms with Crippen molar-refractivity contribution in [3.8, 4) is 0 Å². The second-order valence-corrected chi connectivity index (χ2v) is 5.46. The molecule has 3 rings (SSSR count). The predicted molar refractivity (Wildman–Crippen MR) is 74.0 cm³/mol. The van der Waals surface area contributed by atoms with E-state index in [9.17, 15) is 0 Å². The van der Waals surface area contributed by atoms with Crippen LogP contribution in [0.4, 0.5) is 0 Å². The Morgan fingerprint density at radius 1 is 1.39 bits per heavy atom. The Bertz CT molecular complexity index is 584. The highest BCUT2D eigenvalue weighted by Gasteiger charge is 2.23. The number of fused-ring (bicyclic) bond motifs is 1. The van der Waals surface area contributed by atoms with Crippen LogP contribution in [0, 0.1) is 5.92 Å². The molecule has 0 saturated heterocycles. The van der Waals surface area contributed by atoms with Gasteiger partial charge in [-0.3, -0.25) is 0 Å². The second-order valence-electron chi connectivity index (χ2n) is 5.06. The molecular formula is C14H18ClN3. The Hall–Kier alpha value is -1.09. The molecule has 0 aromatic carbocycles. The zero-order valence-corrected chi connectivity index (χ0v) is 11.7. The van der Waals surface area contributed by atoms with Crippen molar-refractivity contribution in [2.24, 2.45) is 5.92 Å². The fraction of sp³-hybridized carbons (Fsp3) is 0.571. The average Bonchev–Trinajstić information content (AvgIpc) is 3.08. The molecule has 1 aliphatic carbocycles. The van der Waals surface area contributed by atoms with Crippen LogP contribution in [0.5, 0.6) is 0 Å². The van der Waals surface area contributed by atoms with E-state index in [1.54, 1.807) is 0 Å². The van der Waals surface area contributed by atoms with Gasteiger partial charge in [0, 0.05) is 12.2 Å². The smallest absolute Gasteiger partial charge is 0.159 e. The van der Waals surface area contributed by atoms with Gasteiger partial charge in [0.25, 0.3) is 0 Å². The lowest BCUT2D eigenvalue weighted by Crippen LogP contribution is -2.00. The number of pyridine rings is 1. The van der Waals surface area contributed by atoms with E-state index >= 15 is 0 Å². The van der Waals surface area contributed by atoms with Gasteiger partial charge >= 0.3 is 0 Å². The summed E-state index contributed by atoms with van der Waals surface area (Å²) in [5.74, 6) is 0.828. The van der Waals surface area contributed by atoms with Crippen LogP contribution in [0.2, 0.25) is 5.02 Å². The van der Waals surface area contributed by atoms with E-state index in [1.807, 2.05) is 10.7 Å². The molecule has 0 spiro atoms. The van der Waals surface area contributed by atoms with E-state index in [4.69, 9.17) is 16.6 Å². The third-order valence-electron chi connectivity index (χ3n) is 3.61. The highest BCUT2D eigenvalue weighted by molar-refractivity contribution is 6.35. The number of aromatic nitrogens is 3. The van der Waals surface area contributed by atoms with Crippen LogP contribution in [0.15, 0.2) is 6.07 Å². The second kappa shape index (κ2) is 4.54. The molecule has 0 unspecified atom stereocenters. The molecule has 0 radical (unpaired) electrons. The van der Waals surface area contributed by atoms with Crippen LogP contribution >= 0.6 is 11.6 Å². The molecule has 4 heteroatoms. The van der Waals surface area contributed by atoms with Crippen LogP contribution in [0.1, 0.15) is 38.1 Å². The number of hydrogen-bond donors (Lipinski definition) is 0. The van der Waals surface area contributed by atoms with Crippen molar-refractivity contribution < 1.29 is 0 Å². The summed E-state index contributed by atoms with van der Waals surface area (Å²) in [6, 6.07) is 2.03. The third-order valence-corrected chi connectivity index (χ3v) is 3.91. The van der Waals surface area contributed by atoms with Gasteiger partial charge in [0.05, 0.1) is 16.1 Å². The summed E-state index contributed by atoms with van der Waals surface area (Å²) in [7, 11) is 0. The summed E-state index contributed by atoms with van der Waals surface area (Å²) in [6.07, 6.45) is 4.63. The molecule has 96 valence electrons. The number of aryl methyl sites for hydroxylation is 2. The average molecular weight is 264 g/mol. The Labute approximate surface area is 112 Å². The van der Waals surface area contributed by atoms with Gasteiger partial charge in [-0.05, 0) is 44.6 Å². The molecule has 1 aliphatic rings. The lowest BCUT2D eigenvalue weighted by molar-refractivity contribution is 0.661. The highest BCUT2D eigenvalue weighted by atomic mass is 35.5. The summed E-state index contributed by atoms with van der Waals surface area (Å²) in [4.78, 5) is 4.77. The van der Waals surface area contributed by atoms with Crippen LogP contribution < -0.4 is 0 Å². The van der Waals surface area contributed by atoms with Crippen molar-refractivity contribution in [1.29, 1.82) is 0 Å². The molecule has 18 heavy (non-hydrogen) atoms. The molecule has 2 heterocycles. The summed E-state index contributed by atoms with van der Waals surface area (Å²) >= 11 is 6.43. The number of rotatable bonds is 4. The van der Waals surface area contributed by atoms with E-state index < -0.39 is 0 Å². The van der Waals surface area contributed by atoms with Gasteiger partial charge in [-0.2, -0.15) is 5.10 Å². The summed E-state index contributed by atoms with van der Waals surface area (Å²) in [6.45, 7) is 5.04. The first-order valence-electron chi connectivity index (χ1n) is 6.77. The van der Waals surface area contributed by atoms with Gasteiger partial charge in [-0.25, -0.2) is 9.67 Å². The largest absolute Gasteiger partial charge is 0.247 e. The Kier molecular flexibility index (Phi) is 3.02. The minimum atomic E-state index is 0.812. The van der Waals surface area contributed by atoms with E-state index in [1.165, 1.54) is 12.8 Å². The molecule has 0 atom stereocenters. The quantitative estimate of drug-likeness (QED) is 0.844. The van der Waals surface area contributed by atoms with E-state index in [0.717, 1.165) is 52.7 Å². The first-order chi connectivity index (χ1) is 8.72. The number of nitrogens with zero attached hydrogens (tertiary/aromatic N) is 3. The van der Waals surface area contributed by atoms with Crippen LogP contribution in [-0.2, 0) is 19.4 Å². The third kappa shape index (κ3) is 2.01. The summed E-state index contributed by atoms with van der Waals surface area (Å²) < 4.78 is 1.97. The topological polar surface area (TPSA) is 30.7 Å². The Morgan fingerprint density at radius 3 is 2.78 bits per heavy atom. The van der Waals surface area contributed by atoms with Gasteiger partial charge in [-0.15, -0.1) is 0 Å². The minimum absolute atomic E-state index is 0.812. The van der Waals surface area contributed by atoms with Gasteiger partial charge in [0.2, 0.25) is 0 Å². The number of hydrogen-bond acceptors (Lipinski definition) is 2. The van der Waals surface area contributed by atoms with E-state index in [2.05, 4.69) is 18.9 Å². The van der Waals surface area contributed by atoms with Crippen LogP contribution in [-0.4, -0.2) is 14.8 Å². The van der Waals surface area contributed by atoms with Crippen LogP contribution in [0.25, 0.3) is 11.0 Å². The number of halogens is 1. The Morgan fingerprint density at radius 2 is 2.17 bits per heavy atom.